The van der Waals surface area contributed by atoms with Crippen LogP contribution in [0.25, 0.3) is 33.4 Å². The van der Waals surface area contributed by atoms with Gasteiger partial charge in [0.2, 0.25) is 0 Å². The van der Waals surface area contributed by atoms with Crippen LogP contribution in [0.5, 0.6) is 0 Å². The van der Waals surface area contributed by atoms with Crippen molar-refractivity contribution in [2.24, 2.45) is 0 Å². The Hall–Kier alpha value is -6.23. The van der Waals surface area contributed by atoms with Crippen molar-refractivity contribution in [3.05, 3.63) is 176 Å². The van der Waals surface area contributed by atoms with E-state index in [9.17, 15) is 0 Å². The Kier molecular flexibility index (Phi) is 25.5. The van der Waals surface area contributed by atoms with Gasteiger partial charge < -0.3 is 0 Å². The summed E-state index contributed by atoms with van der Waals surface area (Å²) in [5.74, 6) is 30.7. The molecular weight excluding hydrogens is 1240 g/mol. The summed E-state index contributed by atoms with van der Waals surface area (Å²) in [6.45, 7) is 13.9. The van der Waals surface area contributed by atoms with Crippen LogP contribution in [0, 0.1) is 67.4 Å². The van der Waals surface area contributed by atoms with Crippen LogP contribution in [0.2, 0.25) is 23.0 Å². The third kappa shape index (κ3) is 16.7. The van der Waals surface area contributed by atoms with E-state index in [0.717, 1.165) is 71.9 Å². The Labute approximate surface area is 572 Å². The number of hydrogen-bond donors (Lipinski definition) is 0. The number of benzene rings is 6. The van der Waals surface area contributed by atoms with Crippen LogP contribution < -0.4 is 0 Å². The van der Waals surface area contributed by atoms with Gasteiger partial charge in [-0.1, -0.05) is 0 Å². The molecule has 9 rings (SSSR count). The molecule has 0 aromatic heterocycles. The minimum atomic E-state index is -2.94. The maximum atomic E-state index is 6.10. The molecule has 0 atom stereocenters. The second-order valence-electron chi connectivity index (χ2n) is 29.2. The zero-order valence-corrected chi connectivity index (χ0v) is 63.5. The van der Waals surface area contributed by atoms with Crippen LogP contribution in [0.3, 0.4) is 0 Å². The topological polar surface area (TPSA) is 0 Å². The normalized spacial score (nSPS) is 13.8. The summed E-state index contributed by atoms with van der Waals surface area (Å²) in [5, 5.41) is 0. The number of unbranched alkanes of at least 4 members (excludes halogenated alkanes) is 18. The van der Waals surface area contributed by atoms with E-state index in [1.807, 2.05) is 0 Å². The molecule has 6 aromatic rings. The van der Waals surface area contributed by atoms with Gasteiger partial charge in [-0.25, -0.2) is 0 Å². The van der Waals surface area contributed by atoms with Crippen LogP contribution in [-0.2, 0) is 16.2 Å². The fourth-order valence-electron chi connectivity index (χ4n) is 16.1. The molecule has 0 spiro atoms. The summed E-state index contributed by atoms with van der Waals surface area (Å²) in [6.07, 6.45) is 49.0. The van der Waals surface area contributed by atoms with Gasteiger partial charge in [0.05, 0.1) is 0 Å². The van der Waals surface area contributed by atoms with E-state index in [1.165, 1.54) is 221 Å². The van der Waals surface area contributed by atoms with Gasteiger partial charge in [-0.3, -0.25) is 0 Å². The second kappa shape index (κ2) is 33.4. The van der Waals surface area contributed by atoms with E-state index < -0.39 is 26.5 Å². The van der Waals surface area contributed by atoms with E-state index in [1.54, 1.807) is 0 Å². The van der Waals surface area contributed by atoms with Crippen molar-refractivity contribution in [2.45, 2.75) is 273 Å². The molecule has 0 nitrogen and oxygen atoms in total. The molecule has 0 bridgehead atoms. The Bertz CT molecular complexity index is 3640. The van der Waals surface area contributed by atoms with Crippen molar-refractivity contribution in [1.29, 1.82) is 0 Å². The van der Waals surface area contributed by atoms with Crippen molar-refractivity contribution < 1.29 is 0 Å². The first-order valence-electron chi connectivity index (χ1n) is 37.1. The quantitative estimate of drug-likeness (QED) is 0.0240. The van der Waals surface area contributed by atoms with Crippen molar-refractivity contribution in [2.75, 3.05) is 0 Å². The average molecular weight is 1350 g/mol. The molecule has 3 aliphatic rings. The fourth-order valence-corrected chi connectivity index (χ4v) is 20.2. The van der Waals surface area contributed by atoms with E-state index in [2.05, 4.69) is 228 Å². The molecule has 93 heavy (non-hydrogen) atoms. The SMILES string of the molecule is C#Cc1ccc2c(c1)C(CCCCCC)(CCCCCC)c1cc(C#[C][Ge]([CH3])([CH3])[C]#Cc3ccc4c(c3)C(CCCCCC)(CCCCCC)c3cc(C#[C][Ge]([CH3])([CH3])[C]#Cc5ccc6c(c5)C(CCCCCC)(CCCCCC)c5cc(C#C)ccc5-6)ccc3-4)ccc1-2. The number of hydrogen-bond acceptors (Lipinski definition) is 0. The second-order valence-corrected chi connectivity index (χ2v) is 44.9. The van der Waals surface area contributed by atoms with Crippen LogP contribution in [0.4, 0.5) is 0 Å². The van der Waals surface area contributed by atoms with E-state index in [-0.39, 0.29) is 16.2 Å². The fraction of sp³-hybridized carbons (Fsp3) is 0.473. The number of terminal acetylenes is 2. The van der Waals surface area contributed by atoms with Gasteiger partial charge in [-0.2, -0.15) is 0 Å². The molecule has 0 unspecified atom stereocenters. The van der Waals surface area contributed by atoms with Crippen molar-refractivity contribution in [3.8, 4) is 101 Å². The van der Waals surface area contributed by atoms with E-state index in [4.69, 9.17) is 12.8 Å². The van der Waals surface area contributed by atoms with Crippen LogP contribution in [0.1, 0.15) is 301 Å². The van der Waals surface area contributed by atoms with Crippen molar-refractivity contribution in [1.82, 2.24) is 0 Å². The minimum absolute atomic E-state index is 0.0470. The number of rotatable bonds is 30. The monoisotopic (exact) mass is 1350 g/mol. The zero-order valence-electron chi connectivity index (χ0n) is 59.3. The predicted octanol–water partition coefficient (Wildman–Crippen LogP) is 24.7. The van der Waals surface area contributed by atoms with E-state index in [0.29, 0.717) is 0 Å². The summed E-state index contributed by atoms with van der Waals surface area (Å²) in [6, 6.07) is 42.2. The molecule has 0 saturated heterocycles. The molecule has 0 saturated carbocycles. The van der Waals surface area contributed by atoms with Gasteiger partial charge in [-0.05, 0) is 0 Å². The summed E-state index contributed by atoms with van der Waals surface area (Å²) < 4.78 is 15.6. The van der Waals surface area contributed by atoms with Crippen LogP contribution >= 0.6 is 0 Å². The number of fused-ring (bicyclic) bond motifs is 9. The summed E-state index contributed by atoms with van der Waals surface area (Å²) in [5.41, 5.74) is 23.2. The van der Waals surface area contributed by atoms with Gasteiger partial charge in [0.15, 0.2) is 0 Å². The molecule has 3 aliphatic carbocycles. The van der Waals surface area contributed by atoms with Crippen LogP contribution in [0.15, 0.2) is 109 Å². The first kappa shape index (κ1) is 71.1. The summed E-state index contributed by atoms with van der Waals surface area (Å²) in [4.78, 5) is 0. The molecule has 0 heterocycles. The Balaban J connectivity index is 1.02. The summed E-state index contributed by atoms with van der Waals surface area (Å²) >= 11 is -5.89. The van der Waals surface area contributed by atoms with Crippen LogP contribution in [-0.4, -0.2) is 26.5 Å². The third-order valence-corrected chi connectivity index (χ3v) is 27.5. The van der Waals surface area contributed by atoms with Crippen molar-refractivity contribution >= 4 is 26.5 Å². The maximum absolute atomic E-state index is 6.10. The van der Waals surface area contributed by atoms with Gasteiger partial charge in [0, 0.05) is 0 Å². The van der Waals surface area contributed by atoms with Gasteiger partial charge in [-0.15, -0.1) is 0 Å². The summed E-state index contributed by atoms with van der Waals surface area (Å²) in [7, 11) is 0. The molecule has 0 radical (unpaired) electrons. The Morgan fingerprint density at radius 3 is 0.624 bits per heavy atom. The standard InChI is InChI=1S/C91H110Ge2/c1-13-21-27-33-55-89(56-34-28-22-14-2)83-65-71(19-7)39-45-77(83)79-47-41-73(67-85(79)89)51-61-92(9,10)63-53-75-43-49-81-82-50-44-76(70-88(82)91(87(81)69-75,59-37-31-25-17-5)60-38-32-26-18-6)54-64-93(11,12)62-52-74-42-48-80-78-46-40-72(20-8)66-84(78)90(86(80)68-74,57-35-29-23-15-3)58-36-30-24-16-4/h7-8,39-50,65-70H,13-18,21-38,55-60H2,1-6,9-12H3. The molecule has 0 N–H and O–H groups in total. The van der Waals surface area contributed by atoms with Crippen molar-refractivity contribution in [3.63, 3.8) is 0 Å². The molecule has 482 valence electrons. The first-order valence-corrected chi connectivity index (χ1v) is 49.7. The predicted molar refractivity (Wildman–Crippen MR) is 409 cm³/mol. The van der Waals surface area contributed by atoms with E-state index >= 15 is 0 Å². The first-order chi connectivity index (χ1) is 45.2. The van der Waals surface area contributed by atoms with Gasteiger partial charge in [0.1, 0.15) is 0 Å². The molecular formula is C91H110Ge2. The van der Waals surface area contributed by atoms with Gasteiger partial charge in [0.25, 0.3) is 0 Å². The van der Waals surface area contributed by atoms with Gasteiger partial charge >= 0.3 is 577 Å². The Morgan fingerprint density at radius 1 is 0.258 bits per heavy atom. The average Bonchev–Trinajstić information content (AvgIpc) is 1.59. The molecule has 0 aliphatic heterocycles. The molecule has 6 aromatic carbocycles. The molecule has 0 fully saturated rings. The Morgan fingerprint density at radius 2 is 0.441 bits per heavy atom. The third-order valence-electron chi connectivity index (χ3n) is 21.2. The molecule has 2 heteroatoms. The zero-order chi connectivity index (χ0) is 65.9. The molecule has 0 amide bonds.